The Balaban J connectivity index is 1.81. The van der Waals surface area contributed by atoms with Gasteiger partial charge in [0.15, 0.2) is 6.10 Å². The standard InChI is InChI=1S/C25H19F6NO2/c1-15(24(33)32(2)21-6-4-3-5-20(21)27)34-19-13-9-17(10-14-19)23(28)22(25(29,30)31)16-7-11-18(26)12-8-16/h3-15H,1-2H3. The van der Waals surface area contributed by atoms with E-state index >= 15 is 0 Å². The number of anilines is 1. The number of rotatable bonds is 6. The summed E-state index contributed by atoms with van der Waals surface area (Å²) in [6, 6.07) is 13.5. The average Bonchev–Trinajstić information content (AvgIpc) is 2.79. The van der Waals surface area contributed by atoms with E-state index in [0.29, 0.717) is 0 Å². The van der Waals surface area contributed by atoms with Crippen molar-refractivity contribution in [1.29, 1.82) is 0 Å². The van der Waals surface area contributed by atoms with E-state index in [1.54, 1.807) is 6.07 Å². The lowest BCUT2D eigenvalue weighted by Crippen LogP contribution is -2.38. The first-order chi connectivity index (χ1) is 16.0. The Morgan fingerprint density at radius 2 is 1.44 bits per heavy atom. The van der Waals surface area contributed by atoms with E-state index in [0.717, 1.165) is 41.3 Å². The number of alkyl halides is 3. The molecule has 34 heavy (non-hydrogen) atoms. The lowest BCUT2D eigenvalue weighted by Gasteiger charge is -2.22. The minimum Gasteiger partial charge on any atom is -0.481 e. The quantitative estimate of drug-likeness (QED) is 0.288. The third-order valence-electron chi connectivity index (χ3n) is 4.95. The van der Waals surface area contributed by atoms with E-state index in [1.807, 2.05) is 0 Å². The van der Waals surface area contributed by atoms with Crippen molar-refractivity contribution >= 4 is 23.0 Å². The van der Waals surface area contributed by atoms with Crippen LogP contribution in [-0.4, -0.2) is 25.2 Å². The highest BCUT2D eigenvalue weighted by atomic mass is 19.4. The predicted molar refractivity (Wildman–Crippen MR) is 117 cm³/mol. The van der Waals surface area contributed by atoms with Crippen LogP contribution in [0.1, 0.15) is 18.1 Å². The maximum Gasteiger partial charge on any atom is 0.419 e. The predicted octanol–water partition coefficient (Wildman–Crippen LogP) is 6.80. The molecular formula is C25H19F6NO2. The van der Waals surface area contributed by atoms with Crippen LogP contribution in [0.4, 0.5) is 32.0 Å². The fraction of sp³-hybridized carbons (Fsp3) is 0.160. The fourth-order valence-corrected chi connectivity index (χ4v) is 3.23. The monoisotopic (exact) mass is 479 g/mol. The molecule has 0 aliphatic rings. The van der Waals surface area contributed by atoms with Crippen molar-refractivity contribution in [2.75, 3.05) is 11.9 Å². The largest absolute Gasteiger partial charge is 0.481 e. The second-order valence-electron chi connectivity index (χ2n) is 7.33. The summed E-state index contributed by atoms with van der Waals surface area (Å²) in [6.07, 6.45) is -6.10. The molecule has 0 heterocycles. The molecule has 3 rings (SSSR count). The molecule has 3 nitrogen and oxygen atoms in total. The van der Waals surface area contributed by atoms with E-state index in [4.69, 9.17) is 4.74 Å². The van der Waals surface area contributed by atoms with Crippen molar-refractivity contribution in [3.05, 3.63) is 95.6 Å². The summed E-state index contributed by atoms with van der Waals surface area (Å²) < 4.78 is 88.0. The van der Waals surface area contributed by atoms with Crippen molar-refractivity contribution in [1.82, 2.24) is 0 Å². The minimum absolute atomic E-state index is 0.0472. The second kappa shape index (κ2) is 10.0. The number of hydrogen-bond donors (Lipinski definition) is 0. The molecule has 9 heteroatoms. The van der Waals surface area contributed by atoms with Crippen LogP contribution in [0, 0.1) is 11.6 Å². The van der Waals surface area contributed by atoms with Crippen molar-refractivity contribution < 1.29 is 35.9 Å². The van der Waals surface area contributed by atoms with Gasteiger partial charge in [-0.2, -0.15) is 13.2 Å². The number of hydrogen-bond acceptors (Lipinski definition) is 2. The zero-order chi connectivity index (χ0) is 25.0. The number of carbonyl (C=O) groups is 1. The van der Waals surface area contributed by atoms with Gasteiger partial charge < -0.3 is 9.64 Å². The van der Waals surface area contributed by atoms with Crippen LogP contribution >= 0.6 is 0 Å². The SMILES string of the molecule is CC(Oc1ccc(C(F)=C(c2ccc(F)cc2)C(F)(F)F)cc1)C(=O)N(C)c1ccccc1F. The van der Waals surface area contributed by atoms with Crippen molar-refractivity contribution in [2.24, 2.45) is 0 Å². The van der Waals surface area contributed by atoms with Crippen molar-refractivity contribution in [3.63, 3.8) is 0 Å². The van der Waals surface area contributed by atoms with E-state index in [1.165, 1.54) is 44.3 Å². The molecule has 1 unspecified atom stereocenters. The Labute approximate surface area is 191 Å². The summed E-state index contributed by atoms with van der Waals surface area (Å²) in [5.74, 6) is -3.38. The molecule has 0 saturated heterocycles. The Bertz CT molecular complexity index is 1190. The lowest BCUT2D eigenvalue weighted by molar-refractivity contribution is -0.124. The molecule has 0 spiro atoms. The first kappa shape index (κ1) is 24.9. The molecule has 0 aromatic heterocycles. The third kappa shape index (κ3) is 5.59. The number of nitrogens with zero attached hydrogens (tertiary/aromatic N) is 1. The van der Waals surface area contributed by atoms with Gasteiger partial charge in [0.25, 0.3) is 5.91 Å². The Hall–Kier alpha value is -3.75. The van der Waals surface area contributed by atoms with Crippen LogP contribution in [0.15, 0.2) is 72.8 Å². The number of halogens is 6. The first-order valence-corrected chi connectivity index (χ1v) is 10.0. The van der Waals surface area contributed by atoms with Gasteiger partial charge in [-0.05, 0) is 61.0 Å². The molecule has 0 N–H and O–H groups in total. The number of benzene rings is 3. The lowest BCUT2D eigenvalue weighted by atomic mass is 10.0. The summed E-state index contributed by atoms with van der Waals surface area (Å²) >= 11 is 0. The molecule has 1 atom stereocenters. The molecule has 0 fully saturated rings. The van der Waals surface area contributed by atoms with Crippen LogP contribution in [0.5, 0.6) is 5.75 Å². The molecular weight excluding hydrogens is 460 g/mol. The fourth-order valence-electron chi connectivity index (χ4n) is 3.23. The molecule has 0 saturated carbocycles. The number of carbonyl (C=O) groups excluding carboxylic acids is 1. The summed E-state index contributed by atoms with van der Waals surface area (Å²) in [6.45, 7) is 1.42. The van der Waals surface area contributed by atoms with E-state index in [2.05, 4.69) is 0 Å². The molecule has 178 valence electrons. The molecule has 0 bridgehead atoms. The molecule has 3 aromatic rings. The van der Waals surface area contributed by atoms with Gasteiger partial charge in [-0.25, -0.2) is 13.2 Å². The second-order valence-corrected chi connectivity index (χ2v) is 7.33. The number of amides is 1. The van der Waals surface area contributed by atoms with Crippen molar-refractivity contribution in [3.8, 4) is 5.75 Å². The zero-order valence-electron chi connectivity index (χ0n) is 18.0. The first-order valence-electron chi connectivity index (χ1n) is 10.0. The molecule has 3 aromatic carbocycles. The highest BCUT2D eigenvalue weighted by molar-refractivity contribution is 5.96. The smallest absolute Gasteiger partial charge is 0.419 e. The van der Waals surface area contributed by atoms with Crippen LogP contribution in [0.25, 0.3) is 11.4 Å². The van der Waals surface area contributed by atoms with Gasteiger partial charge >= 0.3 is 6.18 Å². The zero-order valence-corrected chi connectivity index (χ0v) is 18.0. The van der Waals surface area contributed by atoms with Crippen LogP contribution < -0.4 is 9.64 Å². The van der Waals surface area contributed by atoms with Gasteiger partial charge in [0, 0.05) is 12.6 Å². The number of allylic oxidation sites excluding steroid dienone is 1. The van der Waals surface area contributed by atoms with Gasteiger partial charge in [0.1, 0.15) is 23.2 Å². The van der Waals surface area contributed by atoms with Gasteiger partial charge in [0.05, 0.1) is 11.3 Å². The van der Waals surface area contributed by atoms with Gasteiger partial charge in [-0.15, -0.1) is 0 Å². The highest BCUT2D eigenvalue weighted by Gasteiger charge is 2.38. The van der Waals surface area contributed by atoms with E-state index < -0.39 is 46.8 Å². The summed E-state index contributed by atoms with van der Waals surface area (Å²) in [5, 5.41) is 0. The Morgan fingerprint density at radius 3 is 2.00 bits per heavy atom. The topological polar surface area (TPSA) is 29.5 Å². The summed E-state index contributed by atoms with van der Waals surface area (Å²) in [5.41, 5.74) is -2.41. The summed E-state index contributed by atoms with van der Waals surface area (Å²) in [7, 11) is 1.37. The average molecular weight is 479 g/mol. The van der Waals surface area contributed by atoms with Crippen molar-refractivity contribution in [2.45, 2.75) is 19.2 Å². The van der Waals surface area contributed by atoms with Crippen LogP contribution in [0.3, 0.4) is 0 Å². The Morgan fingerprint density at radius 1 is 0.882 bits per heavy atom. The number of likely N-dealkylation sites (N-methyl/N-ethyl adjacent to an activating group) is 1. The normalized spacial score (nSPS) is 13.2. The molecule has 1 amide bonds. The van der Waals surface area contributed by atoms with E-state index in [9.17, 15) is 31.1 Å². The number of para-hydroxylation sites is 1. The van der Waals surface area contributed by atoms with Crippen LogP contribution in [-0.2, 0) is 4.79 Å². The third-order valence-corrected chi connectivity index (χ3v) is 4.95. The van der Waals surface area contributed by atoms with Gasteiger partial charge in [-0.3, -0.25) is 4.79 Å². The maximum absolute atomic E-state index is 14.9. The number of ether oxygens (including phenoxy) is 1. The summed E-state index contributed by atoms with van der Waals surface area (Å²) in [4.78, 5) is 13.6. The van der Waals surface area contributed by atoms with Gasteiger partial charge in [-0.1, -0.05) is 24.3 Å². The molecule has 0 radical (unpaired) electrons. The highest BCUT2D eigenvalue weighted by Crippen LogP contribution is 2.40. The maximum atomic E-state index is 14.9. The molecule has 0 aliphatic heterocycles. The van der Waals surface area contributed by atoms with E-state index in [-0.39, 0.29) is 17.0 Å². The van der Waals surface area contributed by atoms with Gasteiger partial charge in [0.2, 0.25) is 0 Å². The van der Waals surface area contributed by atoms with Crippen LogP contribution in [0.2, 0.25) is 0 Å². The minimum atomic E-state index is -5.03. The Kier molecular flexibility index (Phi) is 7.34. The molecule has 0 aliphatic carbocycles.